The fraction of sp³-hybridized carbons (Fsp3) is 0.286. The van der Waals surface area contributed by atoms with Crippen molar-refractivity contribution in [2.24, 2.45) is 0 Å². The topological polar surface area (TPSA) is 98.5 Å². The third-order valence-corrected chi connectivity index (χ3v) is 3.49. The van der Waals surface area contributed by atoms with Crippen LogP contribution >= 0.6 is 0 Å². The van der Waals surface area contributed by atoms with Gasteiger partial charge in [0.25, 0.3) is 5.91 Å². The number of amides is 1. The van der Waals surface area contributed by atoms with Gasteiger partial charge in [0.05, 0.1) is 17.5 Å². The van der Waals surface area contributed by atoms with E-state index in [-0.39, 0.29) is 12.2 Å². The molecule has 0 unspecified atom stereocenters. The monoisotopic (exact) mass is 324 g/mol. The minimum Gasteiger partial charge on any atom is -0.489 e. The van der Waals surface area contributed by atoms with Crippen molar-refractivity contribution >= 4 is 15.9 Å². The van der Waals surface area contributed by atoms with E-state index in [9.17, 15) is 13.2 Å². The third kappa shape index (κ3) is 4.08. The van der Waals surface area contributed by atoms with Crippen molar-refractivity contribution in [3.05, 3.63) is 46.8 Å². The van der Waals surface area contributed by atoms with E-state index in [4.69, 9.17) is 9.26 Å². The van der Waals surface area contributed by atoms with Gasteiger partial charge in [0.15, 0.2) is 0 Å². The van der Waals surface area contributed by atoms with Gasteiger partial charge in [-0.3, -0.25) is 4.79 Å². The van der Waals surface area contributed by atoms with E-state index in [0.29, 0.717) is 11.5 Å². The van der Waals surface area contributed by atoms with E-state index in [0.717, 1.165) is 17.5 Å². The molecule has 0 aliphatic rings. The lowest BCUT2D eigenvalue weighted by molar-refractivity contribution is 0.0981. The molecule has 0 aliphatic heterocycles. The van der Waals surface area contributed by atoms with Crippen molar-refractivity contribution in [1.82, 2.24) is 9.88 Å². The van der Waals surface area contributed by atoms with Crippen LogP contribution in [0.4, 0.5) is 0 Å². The number of hydrogen-bond acceptors (Lipinski definition) is 6. The van der Waals surface area contributed by atoms with Gasteiger partial charge in [0, 0.05) is 5.56 Å². The second-order valence-electron chi connectivity index (χ2n) is 4.82. The van der Waals surface area contributed by atoms with Gasteiger partial charge in [0.2, 0.25) is 10.0 Å². The minimum absolute atomic E-state index is 0.196. The summed E-state index contributed by atoms with van der Waals surface area (Å²) >= 11 is 0. The van der Waals surface area contributed by atoms with Gasteiger partial charge in [-0.25, -0.2) is 13.1 Å². The Balaban J connectivity index is 2.10. The number of carbonyl (C=O) groups is 1. The Labute approximate surface area is 128 Å². The minimum atomic E-state index is -3.60. The third-order valence-electron chi connectivity index (χ3n) is 2.94. The molecule has 2 aromatic rings. The lowest BCUT2D eigenvalue weighted by Crippen LogP contribution is -2.29. The smallest absolute Gasteiger partial charge is 0.264 e. The standard InChI is InChI=1S/C14H16N2O5S/c1-9-13(10(2)21-15-9)8-20-12-6-4-5-11(7-12)14(17)16-22(3,18)19/h4-7H,8H2,1-3H3,(H,16,17). The molecule has 1 heterocycles. The van der Waals surface area contributed by atoms with Gasteiger partial charge in [-0.2, -0.15) is 0 Å². The van der Waals surface area contributed by atoms with Crippen LogP contribution in [0.25, 0.3) is 0 Å². The Morgan fingerprint density at radius 3 is 2.68 bits per heavy atom. The summed E-state index contributed by atoms with van der Waals surface area (Å²) in [5, 5.41) is 3.83. The molecule has 0 saturated heterocycles. The predicted molar refractivity (Wildman–Crippen MR) is 79.1 cm³/mol. The van der Waals surface area contributed by atoms with Crippen LogP contribution in [0.5, 0.6) is 5.75 Å². The number of nitrogens with one attached hydrogen (secondary N) is 1. The zero-order chi connectivity index (χ0) is 16.3. The van der Waals surface area contributed by atoms with Crippen LogP contribution < -0.4 is 9.46 Å². The molecule has 1 aromatic heterocycles. The first kappa shape index (κ1) is 16.0. The average Bonchev–Trinajstić information content (AvgIpc) is 2.74. The number of carbonyl (C=O) groups excluding carboxylic acids is 1. The summed E-state index contributed by atoms with van der Waals surface area (Å²) in [5.41, 5.74) is 1.77. The SMILES string of the molecule is Cc1noc(C)c1COc1cccc(C(=O)NS(C)(=O)=O)c1. The van der Waals surface area contributed by atoms with E-state index >= 15 is 0 Å². The zero-order valence-corrected chi connectivity index (χ0v) is 13.2. The fourth-order valence-corrected chi connectivity index (χ4v) is 2.27. The van der Waals surface area contributed by atoms with Crippen molar-refractivity contribution in [1.29, 1.82) is 0 Å². The van der Waals surface area contributed by atoms with E-state index < -0.39 is 15.9 Å². The van der Waals surface area contributed by atoms with Gasteiger partial charge in [-0.15, -0.1) is 0 Å². The molecule has 0 saturated carbocycles. The van der Waals surface area contributed by atoms with Crippen LogP contribution in [0.15, 0.2) is 28.8 Å². The van der Waals surface area contributed by atoms with Gasteiger partial charge < -0.3 is 9.26 Å². The summed E-state index contributed by atoms with van der Waals surface area (Å²) in [6.45, 7) is 3.85. The van der Waals surface area contributed by atoms with Crippen LogP contribution in [0, 0.1) is 13.8 Å². The lowest BCUT2D eigenvalue weighted by atomic mass is 10.2. The number of rotatable bonds is 5. The van der Waals surface area contributed by atoms with Gasteiger partial charge in [-0.05, 0) is 32.0 Å². The summed E-state index contributed by atoms with van der Waals surface area (Å²) in [5.74, 6) is 0.412. The summed E-state index contributed by atoms with van der Waals surface area (Å²) in [7, 11) is -3.60. The quantitative estimate of drug-likeness (QED) is 0.896. The molecule has 1 aromatic carbocycles. The number of nitrogens with zero attached hydrogens (tertiary/aromatic N) is 1. The van der Waals surface area contributed by atoms with E-state index in [1.54, 1.807) is 19.1 Å². The molecular weight excluding hydrogens is 308 g/mol. The van der Waals surface area contributed by atoms with Crippen LogP contribution in [-0.2, 0) is 16.6 Å². The predicted octanol–water partition coefficient (Wildman–Crippen LogP) is 1.56. The molecule has 22 heavy (non-hydrogen) atoms. The average molecular weight is 324 g/mol. The van der Waals surface area contributed by atoms with Gasteiger partial charge in [-0.1, -0.05) is 11.2 Å². The normalized spacial score (nSPS) is 11.2. The fourth-order valence-electron chi connectivity index (χ4n) is 1.82. The maximum absolute atomic E-state index is 11.8. The highest BCUT2D eigenvalue weighted by molar-refractivity contribution is 7.89. The van der Waals surface area contributed by atoms with Crippen LogP contribution in [0.2, 0.25) is 0 Å². The van der Waals surface area contributed by atoms with E-state index in [1.165, 1.54) is 12.1 Å². The molecule has 0 spiro atoms. The molecule has 1 amide bonds. The number of sulfonamides is 1. The second-order valence-corrected chi connectivity index (χ2v) is 6.57. The first-order valence-electron chi connectivity index (χ1n) is 6.43. The molecule has 0 radical (unpaired) electrons. The van der Waals surface area contributed by atoms with Gasteiger partial charge in [0.1, 0.15) is 18.1 Å². The first-order valence-corrected chi connectivity index (χ1v) is 8.32. The van der Waals surface area contributed by atoms with Crippen LogP contribution in [0.3, 0.4) is 0 Å². The molecular formula is C14H16N2O5S. The molecule has 0 fully saturated rings. The second kappa shape index (κ2) is 6.18. The Hall–Kier alpha value is -2.35. The summed E-state index contributed by atoms with van der Waals surface area (Å²) in [6, 6.07) is 6.26. The highest BCUT2D eigenvalue weighted by Crippen LogP contribution is 2.18. The van der Waals surface area contributed by atoms with Crippen molar-refractivity contribution < 1.29 is 22.5 Å². The Kier molecular flexibility index (Phi) is 4.51. The summed E-state index contributed by atoms with van der Waals surface area (Å²) < 4.78 is 34.7. The van der Waals surface area contributed by atoms with Crippen molar-refractivity contribution in [2.75, 3.05) is 6.26 Å². The van der Waals surface area contributed by atoms with Gasteiger partial charge >= 0.3 is 0 Å². The van der Waals surface area contributed by atoms with Crippen LogP contribution in [0.1, 0.15) is 27.4 Å². The Morgan fingerprint density at radius 2 is 2.09 bits per heavy atom. The zero-order valence-electron chi connectivity index (χ0n) is 12.4. The molecule has 1 N–H and O–H groups in total. The molecule has 118 valence electrons. The number of benzene rings is 1. The van der Waals surface area contributed by atoms with E-state index in [1.807, 2.05) is 11.6 Å². The Bertz CT molecular complexity index is 776. The molecule has 7 nitrogen and oxygen atoms in total. The number of hydrogen-bond donors (Lipinski definition) is 1. The largest absolute Gasteiger partial charge is 0.489 e. The maximum Gasteiger partial charge on any atom is 0.264 e. The molecule has 0 bridgehead atoms. The highest BCUT2D eigenvalue weighted by Gasteiger charge is 2.13. The first-order chi connectivity index (χ1) is 10.3. The summed E-state index contributed by atoms with van der Waals surface area (Å²) in [6.07, 6.45) is 0.919. The number of ether oxygens (including phenoxy) is 1. The van der Waals surface area contributed by atoms with Crippen LogP contribution in [-0.4, -0.2) is 25.7 Å². The molecule has 0 aliphatic carbocycles. The lowest BCUT2D eigenvalue weighted by Gasteiger charge is -2.08. The number of aromatic nitrogens is 1. The molecule has 2 rings (SSSR count). The van der Waals surface area contributed by atoms with Crippen molar-refractivity contribution in [3.8, 4) is 5.75 Å². The Morgan fingerprint density at radius 1 is 1.36 bits per heavy atom. The summed E-state index contributed by atoms with van der Waals surface area (Å²) in [4.78, 5) is 11.8. The van der Waals surface area contributed by atoms with Crippen molar-refractivity contribution in [2.45, 2.75) is 20.5 Å². The number of aryl methyl sites for hydroxylation is 2. The van der Waals surface area contributed by atoms with E-state index in [2.05, 4.69) is 5.16 Å². The van der Waals surface area contributed by atoms with Crippen molar-refractivity contribution in [3.63, 3.8) is 0 Å². The highest BCUT2D eigenvalue weighted by atomic mass is 32.2. The molecule has 8 heteroatoms. The molecule has 0 atom stereocenters. The maximum atomic E-state index is 11.8.